The summed E-state index contributed by atoms with van der Waals surface area (Å²) in [6.45, 7) is 1.07. The third kappa shape index (κ3) is 5.19. The molecule has 1 amide bonds. The standard InChI is InChI=1S/C22H27NO3S/c24-22(14-8-7-11-19-9-3-1-4-10-19)23-17-15-21(16-18-23)27(25,26)20-12-5-2-6-13-20/h1-6,9-10,12-13,21H,7-8,11,14-18H2. The van der Waals surface area contributed by atoms with Crippen molar-refractivity contribution in [1.29, 1.82) is 0 Å². The lowest BCUT2D eigenvalue weighted by Gasteiger charge is -2.32. The van der Waals surface area contributed by atoms with Gasteiger partial charge in [-0.15, -0.1) is 0 Å². The molecular formula is C22H27NO3S. The second-order valence-corrected chi connectivity index (χ2v) is 9.36. The average molecular weight is 386 g/mol. The molecule has 4 nitrogen and oxygen atoms in total. The number of carbonyl (C=O) groups excluding carboxylic acids is 1. The number of amides is 1. The van der Waals surface area contributed by atoms with Crippen molar-refractivity contribution in [2.75, 3.05) is 13.1 Å². The Hall–Kier alpha value is -2.14. The minimum atomic E-state index is -3.30. The molecule has 1 fully saturated rings. The molecular weight excluding hydrogens is 358 g/mol. The predicted molar refractivity (Wildman–Crippen MR) is 107 cm³/mol. The molecule has 2 aromatic carbocycles. The number of hydrogen-bond donors (Lipinski definition) is 0. The number of nitrogens with zero attached hydrogens (tertiary/aromatic N) is 1. The molecule has 27 heavy (non-hydrogen) atoms. The minimum absolute atomic E-state index is 0.152. The zero-order valence-electron chi connectivity index (χ0n) is 15.6. The van der Waals surface area contributed by atoms with Gasteiger partial charge in [-0.2, -0.15) is 0 Å². The quantitative estimate of drug-likeness (QED) is 0.680. The summed E-state index contributed by atoms with van der Waals surface area (Å²) >= 11 is 0. The maximum atomic E-state index is 12.7. The van der Waals surface area contributed by atoms with E-state index in [2.05, 4.69) is 12.1 Å². The molecule has 1 aliphatic heterocycles. The maximum Gasteiger partial charge on any atom is 0.222 e. The van der Waals surface area contributed by atoms with E-state index in [4.69, 9.17) is 0 Å². The third-order valence-corrected chi connectivity index (χ3v) is 7.53. The molecule has 1 saturated heterocycles. The van der Waals surface area contributed by atoms with Crippen LogP contribution in [-0.2, 0) is 21.1 Å². The summed E-state index contributed by atoms with van der Waals surface area (Å²) in [5.74, 6) is 0.152. The Morgan fingerprint density at radius 3 is 2.11 bits per heavy atom. The van der Waals surface area contributed by atoms with Gasteiger partial charge in [0.05, 0.1) is 10.1 Å². The van der Waals surface area contributed by atoms with Crippen molar-refractivity contribution in [3.63, 3.8) is 0 Å². The molecule has 2 aromatic rings. The summed E-state index contributed by atoms with van der Waals surface area (Å²) in [6, 6.07) is 18.9. The highest BCUT2D eigenvalue weighted by molar-refractivity contribution is 7.92. The van der Waals surface area contributed by atoms with Crippen molar-refractivity contribution in [3.8, 4) is 0 Å². The van der Waals surface area contributed by atoms with Crippen LogP contribution in [0, 0.1) is 0 Å². The first-order valence-electron chi connectivity index (χ1n) is 9.68. The van der Waals surface area contributed by atoms with Crippen molar-refractivity contribution < 1.29 is 13.2 Å². The van der Waals surface area contributed by atoms with Gasteiger partial charge < -0.3 is 4.90 Å². The van der Waals surface area contributed by atoms with E-state index in [0.29, 0.717) is 37.2 Å². The van der Waals surface area contributed by atoms with E-state index in [1.165, 1.54) is 5.56 Å². The Kier molecular flexibility index (Phi) is 6.67. The van der Waals surface area contributed by atoms with E-state index >= 15 is 0 Å². The van der Waals surface area contributed by atoms with Crippen LogP contribution in [0.1, 0.15) is 37.7 Å². The number of likely N-dealkylation sites (tertiary alicyclic amines) is 1. The smallest absolute Gasteiger partial charge is 0.222 e. The van der Waals surface area contributed by atoms with Crippen LogP contribution < -0.4 is 0 Å². The van der Waals surface area contributed by atoms with Crippen molar-refractivity contribution in [2.45, 2.75) is 48.7 Å². The van der Waals surface area contributed by atoms with E-state index in [1.54, 1.807) is 24.3 Å². The fourth-order valence-corrected chi connectivity index (χ4v) is 5.38. The fourth-order valence-electron chi connectivity index (χ4n) is 3.63. The Labute approximate surface area is 162 Å². The predicted octanol–water partition coefficient (Wildman–Crippen LogP) is 3.86. The molecule has 0 bridgehead atoms. The number of unbranched alkanes of at least 4 members (excludes halogenated alkanes) is 1. The highest BCUT2D eigenvalue weighted by Crippen LogP contribution is 2.25. The topological polar surface area (TPSA) is 54.5 Å². The second-order valence-electron chi connectivity index (χ2n) is 7.13. The highest BCUT2D eigenvalue weighted by atomic mass is 32.2. The van der Waals surface area contributed by atoms with Crippen LogP contribution in [0.2, 0.25) is 0 Å². The molecule has 0 atom stereocenters. The second kappa shape index (κ2) is 9.18. The summed E-state index contributed by atoms with van der Waals surface area (Å²) in [5, 5.41) is -0.387. The van der Waals surface area contributed by atoms with Gasteiger partial charge in [0.1, 0.15) is 0 Å². The van der Waals surface area contributed by atoms with Crippen LogP contribution in [0.4, 0.5) is 0 Å². The van der Waals surface area contributed by atoms with Crippen LogP contribution >= 0.6 is 0 Å². The maximum absolute atomic E-state index is 12.7. The molecule has 0 unspecified atom stereocenters. The largest absolute Gasteiger partial charge is 0.343 e. The van der Waals surface area contributed by atoms with E-state index in [0.717, 1.165) is 19.3 Å². The van der Waals surface area contributed by atoms with Gasteiger partial charge in [-0.05, 0) is 49.8 Å². The number of hydrogen-bond acceptors (Lipinski definition) is 3. The van der Waals surface area contributed by atoms with Crippen LogP contribution in [0.3, 0.4) is 0 Å². The summed E-state index contributed by atoms with van der Waals surface area (Å²) in [6.07, 6.45) is 4.44. The summed E-state index contributed by atoms with van der Waals surface area (Å²) in [4.78, 5) is 14.6. The van der Waals surface area contributed by atoms with E-state index in [1.807, 2.05) is 29.2 Å². The van der Waals surface area contributed by atoms with Crippen LogP contribution in [0.5, 0.6) is 0 Å². The zero-order valence-corrected chi connectivity index (χ0v) is 16.4. The molecule has 0 aromatic heterocycles. The molecule has 0 spiro atoms. The van der Waals surface area contributed by atoms with E-state index < -0.39 is 9.84 Å². The van der Waals surface area contributed by atoms with Gasteiger partial charge in [0, 0.05) is 19.5 Å². The van der Waals surface area contributed by atoms with Crippen molar-refractivity contribution in [2.24, 2.45) is 0 Å². The number of benzene rings is 2. The molecule has 1 aliphatic rings. The molecule has 1 heterocycles. The van der Waals surface area contributed by atoms with Gasteiger partial charge in [0.25, 0.3) is 0 Å². The van der Waals surface area contributed by atoms with Gasteiger partial charge in [-0.1, -0.05) is 48.5 Å². The Balaban J connectivity index is 1.43. The first-order chi connectivity index (χ1) is 13.1. The lowest BCUT2D eigenvalue weighted by molar-refractivity contribution is -0.132. The Morgan fingerprint density at radius 1 is 0.889 bits per heavy atom. The van der Waals surface area contributed by atoms with Crippen molar-refractivity contribution >= 4 is 15.7 Å². The Morgan fingerprint density at radius 2 is 1.48 bits per heavy atom. The lowest BCUT2D eigenvalue weighted by atomic mass is 10.1. The molecule has 144 valence electrons. The van der Waals surface area contributed by atoms with Gasteiger partial charge in [-0.25, -0.2) is 8.42 Å². The van der Waals surface area contributed by atoms with Crippen molar-refractivity contribution in [1.82, 2.24) is 4.90 Å². The van der Waals surface area contributed by atoms with Crippen LogP contribution in [-0.4, -0.2) is 37.6 Å². The van der Waals surface area contributed by atoms with Gasteiger partial charge in [0.2, 0.25) is 5.91 Å². The van der Waals surface area contributed by atoms with Crippen LogP contribution in [0.25, 0.3) is 0 Å². The Bertz CT molecular complexity index is 826. The van der Waals surface area contributed by atoms with E-state index in [-0.39, 0.29) is 11.2 Å². The van der Waals surface area contributed by atoms with Gasteiger partial charge >= 0.3 is 0 Å². The average Bonchev–Trinajstić information content (AvgIpc) is 2.72. The first kappa shape index (κ1) is 19.6. The monoisotopic (exact) mass is 385 g/mol. The number of piperidine rings is 1. The molecule has 0 saturated carbocycles. The first-order valence-corrected chi connectivity index (χ1v) is 11.2. The number of rotatable bonds is 7. The summed E-state index contributed by atoms with van der Waals surface area (Å²) in [7, 11) is -3.30. The van der Waals surface area contributed by atoms with Crippen molar-refractivity contribution in [3.05, 3.63) is 66.2 Å². The number of aryl methyl sites for hydroxylation is 1. The number of sulfone groups is 1. The fraction of sp³-hybridized carbons (Fsp3) is 0.409. The highest BCUT2D eigenvalue weighted by Gasteiger charge is 2.32. The molecule has 0 aliphatic carbocycles. The summed E-state index contributed by atoms with van der Waals surface area (Å²) < 4.78 is 25.4. The van der Waals surface area contributed by atoms with Gasteiger partial charge in [0.15, 0.2) is 9.84 Å². The SMILES string of the molecule is O=C(CCCCc1ccccc1)N1CCC(S(=O)(=O)c2ccccc2)CC1. The molecule has 5 heteroatoms. The molecule has 3 rings (SSSR count). The number of carbonyl (C=O) groups is 1. The van der Waals surface area contributed by atoms with Crippen LogP contribution in [0.15, 0.2) is 65.6 Å². The molecule has 0 N–H and O–H groups in total. The zero-order chi connectivity index (χ0) is 19.1. The molecule has 0 radical (unpaired) electrons. The normalized spacial score (nSPS) is 15.6. The van der Waals surface area contributed by atoms with Gasteiger partial charge in [-0.3, -0.25) is 4.79 Å². The van der Waals surface area contributed by atoms with E-state index in [9.17, 15) is 13.2 Å². The third-order valence-electron chi connectivity index (χ3n) is 5.25. The lowest BCUT2D eigenvalue weighted by Crippen LogP contribution is -2.42. The summed E-state index contributed by atoms with van der Waals surface area (Å²) in [5.41, 5.74) is 1.30. The minimum Gasteiger partial charge on any atom is -0.343 e.